The molecule has 1 N–H and O–H groups in total. The number of fused-ring (bicyclic) bond motifs is 1. The summed E-state index contributed by atoms with van der Waals surface area (Å²) < 4.78 is 5.57. The topological polar surface area (TPSA) is 68.0 Å². The van der Waals surface area contributed by atoms with Crippen molar-refractivity contribution < 1.29 is 9.21 Å². The maximum atomic E-state index is 12.4. The van der Waals surface area contributed by atoms with Crippen molar-refractivity contribution in [2.75, 3.05) is 5.32 Å². The van der Waals surface area contributed by atoms with Gasteiger partial charge in [-0.05, 0) is 36.4 Å². The van der Waals surface area contributed by atoms with Gasteiger partial charge in [0.2, 0.25) is 0 Å². The molecule has 0 aliphatic carbocycles. The number of oxazole rings is 1. The fourth-order valence-electron chi connectivity index (χ4n) is 2.51. The van der Waals surface area contributed by atoms with Crippen LogP contribution < -0.4 is 5.32 Å². The summed E-state index contributed by atoms with van der Waals surface area (Å²) in [6.45, 7) is 0. The molecule has 122 valence electrons. The molecule has 0 bridgehead atoms. The second-order valence-electron chi connectivity index (χ2n) is 5.37. The second kappa shape index (κ2) is 6.37. The van der Waals surface area contributed by atoms with Crippen LogP contribution in [0.15, 0.2) is 71.4 Å². The molecule has 0 spiro atoms. The minimum atomic E-state index is -0.432. The van der Waals surface area contributed by atoms with Crippen molar-refractivity contribution in [3.8, 4) is 11.3 Å². The number of halogens is 1. The average Bonchev–Trinajstić information content (AvgIpc) is 3.13. The fourth-order valence-corrected chi connectivity index (χ4v) is 2.63. The van der Waals surface area contributed by atoms with E-state index in [1.165, 1.54) is 6.20 Å². The SMILES string of the molecule is O=C(Nc1cccc2cccnc12)c1ncc(-c2ccc(Cl)cc2)o1. The summed E-state index contributed by atoms with van der Waals surface area (Å²) in [4.78, 5) is 20.8. The molecule has 0 saturated heterocycles. The number of benzene rings is 2. The highest BCUT2D eigenvalue weighted by Gasteiger charge is 2.15. The maximum Gasteiger partial charge on any atom is 0.311 e. The van der Waals surface area contributed by atoms with Crippen LogP contribution in [0, 0.1) is 0 Å². The predicted molar refractivity (Wildman–Crippen MR) is 96.6 cm³/mol. The Kier molecular flexibility index (Phi) is 3.91. The van der Waals surface area contributed by atoms with E-state index in [0.717, 1.165) is 10.9 Å². The van der Waals surface area contributed by atoms with E-state index in [0.29, 0.717) is 22.0 Å². The smallest absolute Gasteiger partial charge is 0.311 e. The normalized spacial score (nSPS) is 10.8. The third kappa shape index (κ3) is 3.09. The van der Waals surface area contributed by atoms with E-state index in [1.807, 2.05) is 24.3 Å². The van der Waals surface area contributed by atoms with Gasteiger partial charge < -0.3 is 9.73 Å². The lowest BCUT2D eigenvalue weighted by atomic mass is 10.2. The molecular formula is C19H12ClN3O2. The van der Waals surface area contributed by atoms with Gasteiger partial charge in [-0.15, -0.1) is 0 Å². The molecule has 0 unspecified atom stereocenters. The zero-order valence-corrected chi connectivity index (χ0v) is 13.7. The van der Waals surface area contributed by atoms with Gasteiger partial charge in [-0.25, -0.2) is 4.98 Å². The predicted octanol–water partition coefficient (Wildman–Crippen LogP) is 4.80. The Morgan fingerprint density at radius 3 is 2.64 bits per heavy atom. The molecule has 0 aliphatic rings. The fraction of sp³-hybridized carbons (Fsp3) is 0. The van der Waals surface area contributed by atoms with Crippen molar-refractivity contribution in [3.63, 3.8) is 0 Å². The summed E-state index contributed by atoms with van der Waals surface area (Å²) in [6.07, 6.45) is 3.20. The van der Waals surface area contributed by atoms with Gasteiger partial charge in [-0.1, -0.05) is 29.8 Å². The third-order valence-corrected chi connectivity index (χ3v) is 3.96. The lowest BCUT2D eigenvalue weighted by Gasteiger charge is -2.05. The van der Waals surface area contributed by atoms with Crippen LogP contribution in [0.3, 0.4) is 0 Å². The Balaban J connectivity index is 1.60. The summed E-state index contributed by atoms with van der Waals surface area (Å²) in [5.74, 6) is 0.0501. The minimum absolute atomic E-state index is 0.0158. The van der Waals surface area contributed by atoms with Crippen molar-refractivity contribution >= 4 is 34.1 Å². The lowest BCUT2D eigenvalue weighted by molar-refractivity contribution is 0.0991. The van der Waals surface area contributed by atoms with Gasteiger partial charge >= 0.3 is 5.91 Å². The first-order valence-corrected chi connectivity index (χ1v) is 7.95. The van der Waals surface area contributed by atoms with Crippen molar-refractivity contribution in [2.45, 2.75) is 0 Å². The van der Waals surface area contributed by atoms with E-state index in [1.54, 1.807) is 36.5 Å². The van der Waals surface area contributed by atoms with Crippen molar-refractivity contribution in [3.05, 3.63) is 77.9 Å². The summed E-state index contributed by atoms with van der Waals surface area (Å²) in [5.41, 5.74) is 2.11. The van der Waals surface area contributed by atoms with E-state index in [9.17, 15) is 4.79 Å². The molecule has 0 fully saturated rings. The molecule has 5 nitrogen and oxygen atoms in total. The number of pyridine rings is 1. The highest BCUT2D eigenvalue weighted by atomic mass is 35.5. The number of nitrogens with zero attached hydrogens (tertiary/aromatic N) is 2. The molecule has 1 amide bonds. The van der Waals surface area contributed by atoms with Crippen LogP contribution in [-0.4, -0.2) is 15.9 Å². The highest BCUT2D eigenvalue weighted by Crippen LogP contribution is 2.24. The van der Waals surface area contributed by atoms with Crippen LogP contribution in [0.5, 0.6) is 0 Å². The van der Waals surface area contributed by atoms with Gasteiger partial charge in [0, 0.05) is 22.2 Å². The molecule has 2 heterocycles. The van der Waals surface area contributed by atoms with Gasteiger partial charge in [0.1, 0.15) is 0 Å². The molecule has 0 aliphatic heterocycles. The summed E-state index contributed by atoms with van der Waals surface area (Å²) in [5, 5.41) is 4.37. The number of aromatic nitrogens is 2. The lowest BCUT2D eigenvalue weighted by Crippen LogP contribution is -2.12. The molecule has 25 heavy (non-hydrogen) atoms. The Morgan fingerprint density at radius 1 is 1.00 bits per heavy atom. The van der Waals surface area contributed by atoms with Crippen LogP contribution in [0.25, 0.3) is 22.2 Å². The van der Waals surface area contributed by atoms with E-state index in [-0.39, 0.29) is 5.89 Å². The van der Waals surface area contributed by atoms with Crippen LogP contribution >= 0.6 is 11.6 Å². The number of nitrogens with one attached hydrogen (secondary N) is 1. The first kappa shape index (κ1) is 15.4. The molecule has 0 saturated carbocycles. The van der Waals surface area contributed by atoms with E-state index < -0.39 is 5.91 Å². The van der Waals surface area contributed by atoms with Crippen LogP contribution in [0.1, 0.15) is 10.7 Å². The second-order valence-corrected chi connectivity index (χ2v) is 5.81. The van der Waals surface area contributed by atoms with Crippen molar-refractivity contribution in [2.24, 2.45) is 0 Å². The quantitative estimate of drug-likeness (QED) is 0.577. The standard InChI is InChI=1S/C19H12ClN3O2/c20-14-8-6-12(7-9-14)16-11-22-19(25-16)18(24)23-15-5-1-3-13-4-2-10-21-17(13)15/h1-11H,(H,23,24). The van der Waals surface area contributed by atoms with Gasteiger partial charge in [0.15, 0.2) is 5.76 Å². The number of para-hydroxylation sites is 1. The van der Waals surface area contributed by atoms with E-state index in [2.05, 4.69) is 15.3 Å². The van der Waals surface area contributed by atoms with Gasteiger partial charge in [0.25, 0.3) is 5.89 Å². The minimum Gasteiger partial charge on any atom is -0.432 e. The van der Waals surface area contributed by atoms with Crippen LogP contribution in [0.4, 0.5) is 5.69 Å². The third-order valence-electron chi connectivity index (χ3n) is 3.71. The van der Waals surface area contributed by atoms with Gasteiger partial charge in [-0.3, -0.25) is 9.78 Å². The summed E-state index contributed by atoms with van der Waals surface area (Å²) >= 11 is 5.88. The Bertz CT molecular complexity index is 1050. The number of amides is 1. The number of hydrogen-bond acceptors (Lipinski definition) is 4. The Morgan fingerprint density at radius 2 is 1.80 bits per heavy atom. The zero-order chi connectivity index (χ0) is 17.2. The average molecular weight is 350 g/mol. The van der Waals surface area contributed by atoms with Crippen LogP contribution in [0.2, 0.25) is 5.02 Å². The zero-order valence-electron chi connectivity index (χ0n) is 12.9. The Hall–Kier alpha value is -3.18. The summed E-state index contributed by atoms with van der Waals surface area (Å²) in [7, 11) is 0. The van der Waals surface area contributed by atoms with E-state index >= 15 is 0 Å². The molecule has 4 aromatic rings. The Labute approximate surface area is 148 Å². The molecular weight excluding hydrogens is 338 g/mol. The monoisotopic (exact) mass is 349 g/mol. The molecule has 0 atom stereocenters. The molecule has 2 aromatic carbocycles. The number of carbonyl (C=O) groups excluding carboxylic acids is 1. The first-order valence-electron chi connectivity index (χ1n) is 7.57. The number of carbonyl (C=O) groups is 1. The molecule has 4 rings (SSSR count). The molecule has 2 aromatic heterocycles. The molecule has 6 heteroatoms. The van der Waals surface area contributed by atoms with Crippen molar-refractivity contribution in [1.29, 1.82) is 0 Å². The summed E-state index contributed by atoms with van der Waals surface area (Å²) in [6, 6.07) is 16.5. The highest BCUT2D eigenvalue weighted by molar-refractivity contribution is 6.30. The van der Waals surface area contributed by atoms with Gasteiger partial charge in [0.05, 0.1) is 17.4 Å². The largest absolute Gasteiger partial charge is 0.432 e. The number of hydrogen-bond donors (Lipinski definition) is 1. The maximum absolute atomic E-state index is 12.4. The van der Waals surface area contributed by atoms with Crippen LogP contribution in [-0.2, 0) is 0 Å². The number of rotatable bonds is 3. The number of anilines is 1. The van der Waals surface area contributed by atoms with Gasteiger partial charge in [-0.2, -0.15) is 0 Å². The van der Waals surface area contributed by atoms with E-state index in [4.69, 9.17) is 16.0 Å². The van der Waals surface area contributed by atoms with Crippen molar-refractivity contribution in [1.82, 2.24) is 9.97 Å². The first-order chi connectivity index (χ1) is 12.2. The molecule has 0 radical (unpaired) electrons.